The Labute approximate surface area is 130 Å². The molecular weight excluding hydrogens is 280 g/mol. The van der Waals surface area contributed by atoms with Crippen molar-refractivity contribution in [3.05, 3.63) is 51.7 Å². The van der Waals surface area contributed by atoms with Crippen molar-refractivity contribution in [2.45, 2.75) is 25.9 Å². The van der Waals surface area contributed by atoms with E-state index in [1.165, 1.54) is 4.88 Å². The number of thiophene rings is 1. The van der Waals surface area contributed by atoms with E-state index in [-0.39, 0.29) is 0 Å². The standard InChI is InChI=1S/C17H20N2OS/c1-13(9-16-5-4-8-21-16)19(2)12-15-10-14(11-18)6-7-17(15)20-3/h4-8,10,13H,9,12H2,1-3H3. The SMILES string of the molecule is COc1ccc(C#N)cc1CN(C)C(C)Cc1cccs1. The minimum atomic E-state index is 0.430. The quantitative estimate of drug-likeness (QED) is 0.816. The molecule has 1 atom stereocenters. The van der Waals surface area contributed by atoms with Gasteiger partial charge < -0.3 is 4.74 Å². The molecule has 0 bridgehead atoms. The zero-order valence-corrected chi connectivity index (χ0v) is 13.5. The lowest BCUT2D eigenvalue weighted by molar-refractivity contribution is 0.245. The van der Waals surface area contributed by atoms with Crippen molar-refractivity contribution in [1.29, 1.82) is 5.26 Å². The van der Waals surface area contributed by atoms with Crippen molar-refractivity contribution >= 4 is 11.3 Å². The molecule has 0 radical (unpaired) electrons. The van der Waals surface area contributed by atoms with Gasteiger partial charge in [-0.1, -0.05) is 6.07 Å². The number of methoxy groups -OCH3 is 1. The van der Waals surface area contributed by atoms with E-state index in [9.17, 15) is 0 Å². The summed E-state index contributed by atoms with van der Waals surface area (Å²) in [6.45, 7) is 2.99. The maximum Gasteiger partial charge on any atom is 0.123 e. The molecule has 2 rings (SSSR count). The van der Waals surface area contributed by atoms with Crippen molar-refractivity contribution in [2.75, 3.05) is 14.2 Å². The highest BCUT2D eigenvalue weighted by molar-refractivity contribution is 7.09. The van der Waals surface area contributed by atoms with E-state index in [1.54, 1.807) is 24.5 Å². The minimum absolute atomic E-state index is 0.430. The Balaban J connectivity index is 2.07. The summed E-state index contributed by atoms with van der Waals surface area (Å²) in [6, 6.07) is 12.4. The van der Waals surface area contributed by atoms with Crippen LogP contribution in [0.3, 0.4) is 0 Å². The van der Waals surface area contributed by atoms with Gasteiger partial charge in [0.2, 0.25) is 0 Å². The van der Waals surface area contributed by atoms with Crippen LogP contribution in [0.2, 0.25) is 0 Å². The van der Waals surface area contributed by atoms with E-state index in [4.69, 9.17) is 10.00 Å². The number of rotatable bonds is 6. The van der Waals surface area contributed by atoms with Crippen molar-refractivity contribution in [3.63, 3.8) is 0 Å². The van der Waals surface area contributed by atoms with Crippen LogP contribution >= 0.6 is 11.3 Å². The topological polar surface area (TPSA) is 36.3 Å². The van der Waals surface area contributed by atoms with Gasteiger partial charge in [-0.25, -0.2) is 0 Å². The molecule has 0 fully saturated rings. The van der Waals surface area contributed by atoms with Gasteiger partial charge in [0.25, 0.3) is 0 Å². The van der Waals surface area contributed by atoms with Crippen molar-refractivity contribution in [2.24, 2.45) is 0 Å². The molecule has 1 aromatic heterocycles. The molecule has 0 aliphatic heterocycles. The first-order valence-corrected chi connectivity index (χ1v) is 7.81. The molecule has 1 aromatic carbocycles. The molecule has 2 aromatic rings. The maximum atomic E-state index is 9.04. The third-order valence-electron chi connectivity index (χ3n) is 3.66. The highest BCUT2D eigenvalue weighted by atomic mass is 32.1. The average molecular weight is 300 g/mol. The number of benzene rings is 1. The van der Waals surface area contributed by atoms with E-state index in [0.29, 0.717) is 11.6 Å². The Kier molecular flexibility index (Phi) is 5.38. The van der Waals surface area contributed by atoms with Crippen molar-refractivity contribution < 1.29 is 4.74 Å². The van der Waals surface area contributed by atoms with E-state index < -0.39 is 0 Å². The van der Waals surface area contributed by atoms with Crippen LogP contribution < -0.4 is 4.74 Å². The van der Waals surface area contributed by atoms with Crippen molar-refractivity contribution in [1.82, 2.24) is 4.90 Å². The van der Waals surface area contributed by atoms with Gasteiger partial charge in [-0.2, -0.15) is 5.26 Å². The minimum Gasteiger partial charge on any atom is -0.496 e. The second kappa shape index (κ2) is 7.26. The molecule has 0 aliphatic carbocycles. The van der Waals surface area contributed by atoms with Gasteiger partial charge in [0.05, 0.1) is 18.7 Å². The molecule has 0 amide bonds. The summed E-state index contributed by atoms with van der Waals surface area (Å²) in [5.41, 5.74) is 1.72. The molecule has 1 heterocycles. The molecule has 0 aliphatic rings. The Morgan fingerprint density at radius 2 is 2.19 bits per heavy atom. The summed E-state index contributed by atoms with van der Waals surface area (Å²) in [5, 5.41) is 11.1. The van der Waals surface area contributed by atoms with Gasteiger partial charge in [-0.15, -0.1) is 11.3 Å². The average Bonchev–Trinajstić information content (AvgIpc) is 2.99. The summed E-state index contributed by atoms with van der Waals surface area (Å²) in [7, 11) is 3.77. The highest BCUT2D eigenvalue weighted by Crippen LogP contribution is 2.22. The van der Waals surface area contributed by atoms with Gasteiger partial charge >= 0.3 is 0 Å². The van der Waals surface area contributed by atoms with Gasteiger partial charge in [-0.05, 0) is 50.0 Å². The smallest absolute Gasteiger partial charge is 0.123 e. The summed E-state index contributed by atoms with van der Waals surface area (Å²) < 4.78 is 5.40. The Bertz CT molecular complexity index is 616. The van der Waals surface area contributed by atoms with Crippen molar-refractivity contribution in [3.8, 4) is 11.8 Å². The normalized spacial score (nSPS) is 12.1. The summed E-state index contributed by atoms with van der Waals surface area (Å²) in [5.74, 6) is 0.837. The number of hydrogen-bond acceptors (Lipinski definition) is 4. The van der Waals surface area contributed by atoms with Crippen LogP contribution in [0.1, 0.15) is 22.9 Å². The summed E-state index contributed by atoms with van der Waals surface area (Å²) >= 11 is 1.79. The van der Waals surface area contributed by atoms with E-state index >= 15 is 0 Å². The lowest BCUT2D eigenvalue weighted by atomic mass is 10.1. The summed E-state index contributed by atoms with van der Waals surface area (Å²) in [4.78, 5) is 3.69. The van der Waals surface area contributed by atoms with Crippen LogP contribution in [0.4, 0.5) is 0 Å². The van der Waals surface area contributed by atoms with Crippen LogP contribution in [-0.4, -0.2) is 25.1 Å². The Hall–Kier alpha value is -1.83. The Morgan fingerprint density at radius 3 is 2.81 bits per heavy atom. The number of nitrogens with zero attached hydrogens (tertiary/aromatic N) is 2. The zero-order valence-electron chi connectivity index (χ0n) is 12.7. The van der Waals surface area contributed by atoms with Crippen LogP contribution in [0.5, 0.6) is 5.75 Å². The van der Waals surface area contributed by atoms with Gasteiger partial charge in [0.15, 0.2) is 0 Å². The molecular formula is C17H20N2OS. The van der Waals surface area contributed by atoms with Gasteiger partial charge in [-0.3, -0.25) is 4.90 Å². The third kappa shape index (κ3) is 4.07. The van der Waals surface area contributed by atoms with Gasteiger partial charge in [0.1, 0.15) is 5.75 Å². The molecule has 0 spiro atoms. The molecule has 110 valence electrons. The number of ether oxygens (including phenoxy) is 1. The number of nitriles is 1. The second-order valence-corrected chi connectivity index (χ2v) is 6.22. The second-order valence-electron chi connectivity index (χ2n) is 5.19. The maximum absolute atomic E-state index is 9.04. The first kappa shape index (κ1) is 15.6. The van der Waals surface area contributed by atoms with E-state index in [0.717, 1.165) is 24.3 Å². The highest BCUT2D eigenvalue weighted by Gasteiger charge is 2.14. The lowest BCUT2D eigenvalue weighted by Gasteiger charge is -2.25. The zero-order chi connectivity index (χ0) is 15.2. The van der Waals surface area contributed by atoms with Crippen LogP contribution in [0, 0.1) is 11.3 Å². The molecule has 0 saturated carbocycles. The number of likely N-dealkylation sites (N-methyl/N-ethyl adjacent to an activating group) is 1. The Morgan fingerprint density at radius 1 is 1.38 bits per heavy atom. The summed E-state index contributed by atoms with van der Waals surface area (Å²) in [6.07, 6.45) is 1.04. The molecule has 0 saturated heterocycles. The van der Waals surface area contributed by atoms with E-state index in [1.807, 2.05) is 12.1 Å². The molecule has 1 unspecified atom stereocenters. The predicted molar refractivity (Wildman–Crippen MR) is 86.7 cm³/mol. The van der Waals surface area contributed by atoms with Crippen LogP contribution in [0.25, 0.3) is 0 Å². The lowest BCUT2D eigenvalue weighted by Crippen LogP contribution is -2.30. The fourth-order valence-electron chi connectivity index (χ4n) is 2.27. The first-order valence-electron chi connectivity index (χ1n) is 6.93. The molecule has 3 nitrogen and oxygen atoms in total. The number of hydrogen-bond donors (Lipinski definition) is 0. The van der Waals surface area contributed by atoms with Gasteiger partial charge in [0, 0.05) is 23.0 Å². The van der Waals surface area contributed by atoms with E-state index in [2.05, 4.69) is 42.5 Å². The molecule has 4 heteroatoms. The molecule has 0 N–H and O–H groups in total. The monoisotopic (exact) mass is 300 g/mol. The fraction of sp³-hybridized carbons (Fsp3) is 0.353. The largest absolute Gasteiger partial charge is 0.496 e. The predicted octanol–water partition coefficient (Wildman–Crippen LogP) is 3.69. The van der Waals surface area contributed by atoms with Crippen LogP contribution in [-0.2, 0) is 13.0 Å². The first-order chi connectivity index (χ1) is 10.1. The van der Waals surface area contributed by atoms with Crippen LogP contribution in [0.15, 0.2) is 35.7 Å². The third-order valence-corrected chi connectivity index (χ3v) is 4.56. The molecule has 21 heavy (non-hydrogen) atoms. The fourth-order valence-corrected chi connectivity index (χ4v) is 3.10.